The predicted molar refractivity (Wildman–Crippen MR) is 73.2 cm³/mol. The molecule has 1 aliphatic heterocycles. The Morgan fingerprint density at radius 3 is 2.53 bits per heavy atom. The van der Waals surface area contributed by atoms with Crippen LogP contribution >= 0.6 is 0 Å². The second-order valence-corrected chi connectivity index (χ2v) is 6.80. The van der Waals surface area contributed by atoms with Crippen LogP contribution in [0.1, 0.15) is 37.7 Å². The maximum Gasteiger partial charge on any atom is 0.260 e. The van der Waals surface area contributed by atoms with Gasteiger partial charge in [-0.1, -0.05) is 19.3 Å². The number of rotatable bonds is 4. The molecule has 0 aromatic carbocycles. The quantitative estimate of drug-likeness (QED) is 0.868. The van der Waals surface area contributed by atoms with Gasteiger partial charge in [0.1, 0.15) is 0 Å². The monoisotopic (exact) mass is 286 g/mol. The second kappa shape index (κ2) is 6.49. The average molecular weight is 286 g/mol. The van der Waals surface area contributed by atoms with Crippen LogP contribution in [0.15, 0.2) is 11.2 Å². The van der Waals surface area contributed by atoms with Gasteiger partial charge >= 0.3 is 0 Å². The summed E-state index contributed by atoms with van der Waals surface area (Å²) in [7, 11) is -1.64. The molecule has 1 saturated heterocycles. The first-order valence-corrected chi connectivity index (χ1v) is 8.27. The summed E-state index contributed by atoms with van der Waals surface area (Å²) < 4.78 is 26.9. The number of aromatic amines is 1. The fourth-order valence-corrected chi connectivity index (χ4v) is 4.05. The Morgan fingerprint density at radius 2 is 1.89 bits per heavy atom. The summed E-state index contributed by atoms with van der Waals surface area (Å²) in [5.41, 5.74) is 0.699. The third kappa shape index (κ3) is 3.34. The Kier molecular flexibility index (Phi) is 4.95. The van der Waals surface area contributed by atoms with Crippen LogP contribution < -0.4 is 5.32 Å². The van der Waals surface area contributed by atoms with Crippen LogP contribution in [-0.4, -0.2) is 43.1 Å². The van der Waals surface area contributed by atoms with Crippen molar-refractivity contribution in [3.05, 3.63) is 11.8 Å². The van der Waals surface area contributed by atoms with Crippen LogP contribution in [-0.2, 0) is 16.6 Å². The van der Waals surface area contributed by atoms with Crippen molar-refractivity contribution >= 4 is 10.0 Å². The number of H-pyrrole nitrogens is 1. The molecule has 0 atom stereocenters. The number of sulfonamides is 1. The highest BCUT2D eigenvalue weighted by molar-refractivity contribution is 7.89. The van der Waals surface area contributed by atoms with Gasteiger partial charge in [0, 0.05) is 25.2 Å². The molecule has 108 valence electrons. The molecule has 1 fully saturated rings. The molecule has 1 aromatic rings. The third-order valence-corrected chi connectivity index (χ3v) is 5.37. The van der Waals surface area contributed by atoms with Crippen molar-refractivity contribution in [2.45, 2.75) is 43.7 Å². The maximum atomic E-state index is 12.6. The summed E-state index contributed by atoms with van der Waals surface area (Å²) in [6, 6.07) is 0. The summed E-state index contributed by atoms with van der Waals surface area (Å²) >= 11 is 0. The summed E-state index contributed by atoms with van der Waals surface area (Å²) in [5, 5.41) is 9.72. The van der Waals surface area contributed by atoms with E-state index in [9.17, 15) is 8.42 Å². The lowest BCUT2D eigenvalue weighted by molar-refractivity contribution is 0.362. The average Bonchev–Trinajstić information content (AvgIpc) is 2.77. The lowest BCUT2D eigenvalue weighted by atomic mass is 10.1. The fraction of sp³-hybridized carbons (Fsp3) is 0.750. The lowest BCUT2D eigenvalue weighted by Crippen LogP contribution is -2.34. The van der Waals surface area contributed by atoms with Crippen molar-refractivity contribution in [3.8, 4) is 0 Å². The van der Waals surface area contributed by atoms with Gasteiger partial charge in [0.25, 0.3) is 10.0 Å². The molecule has 0 radical (unpaired) electrons. The van der Waals surface area contributed by atoms with E-state index in [2.05, 4.69) is 15.5 Å². The van der Waals surface area contributed by atoms with Crippen LogP contribution in [0.25, 0.3) is 0 Å². The zero-order valence-corrected chi connectivity index (χ0v) is 12.2. The zero-order chi connectivity index (χ0) is 13.7. The lowest BCUT2D eigenvalue weighted by Gasteiger charge is -2.23. The Hall–Kier alpha value is -0.920. The standard InChI is InChI=1S/C12H22N4O2S/c1-13-9-11-10-14-15-12(11)19(17,18)16-7-5-3-2-4-6-8-16/h10,13H,2-9H2,1H3,(H,14,15). The summed E-state index contributed by atoms with van der Waals surface area (Å²) in [5.74, 6) is 0. The van der Waals surface area contributed by atoms with E-state index in [0.29, 0.717) is 25.2 Å². The van der Waals surface area contributed by atoms with Gasteiger partial charge in [-0.15, -0.1) is 0 Å². The van der Waals surface area contributed by atoms with E-state index in [4.69, 9.17) is 0 Å². The summed E-state index contributed by atoms with van der Waals surface area (Å²) in [6.45, 7) is 1.72. The molecule has 6 nitrogen and oxygen atoms in total. The maximum absolute atomic E-state index is 12.6. The minimum Gasteiger partial charge on any atom is -0.316 e. The highest BCUT2D eigenvalue weighted by Crippen LogP contribution is 2.21. The minimum absolute atomic E-state index is 0.238. The normalized spacial score (nSPS) is 19.0. The smallest absolute Gasteiger partial charge is 0.260 e. The first kappa shape index (κ1) is 14.5. The molecule has 7 heteroatoms. The second-order valence-electron chi connectivity index (χ2n) is 4.93. The molecule has 0 bridgehead atoms. The SMILES string of the molecule is CNCc1cn[nH]c1S(=O)(=O)N1CCCCCCC1. The molecule has 0 aliphatic carbocycles. The molecule has 1 aromatic heterocycles. The van der Waals surface area contributed by atoms with Gasteiger partial charge < -0.3 is 5.32 Å². The van der Waals surface area contributed by atoms with E-state index in [1.54, 1.807) is 17.5 Å². The first-order chi connectivity index (χ1) is 9.16. The van der Waals surface area contributed by atoms with Crippen molar-refractivity contribution in [3.63, 3.8) is 0 Å². The van der Waals surface area contributed by atoms with Crippen LogP contribution in [0.3, 0.4) is 0 Å². The molecule has 0 saturated carbocycles. The molecule has 2 heterocycles. The Balaban J connectivity index is 2.21. The van der Waals surface area contributed by atoms with Crippen LogP contribution in [0, 0.1) is 0 Å². The van der Waals surface area contributed by atoms with E-state index in [1.165, 1.54) is 6.42 Å². The van der Waals surface area contributed by atoms with Crippen LogP contribution in [0.4, 0.5) is 0 Å². The topological polar surface area (TPSA) is 78.1 Å². The van der Waals surface area contributed by atoms with E-state index in [1.807, 2.05) is 0 Å². The van der Waals surface area contributed by atoms with Crippen molar-refractivity contribution in [1.82, 2.24) is 19.8 Å². The first-order valence-electron chi connectivity index (χ1n) is 6.83. The van der Waals surface area contributed by atoms with Crippen molar-refractivity contribution in [2.75, 3.05) is 20.1 Å². The number of nitrogens with one attached hydrogen (secondary N) is 2. The van der Waals surface area contributed by atoms with E-state index in [0.717, 1.165) is 25.7 Å². The molecule has 2 N–H and O–H groups in total. The Morgan fingerprint density at radius 1 is 1.26 bits per heavy atom. The van der Waals surface area contributed by atoms with Crippen molar-refractivity contribution < 1.29 is 8.42 Å². The predicted octanol–water partition coefficient (Wildman–Crippen LogP) is 1.08. The number of hydrogen-bond donors (Lipinski definition) is 2. The van der Waals surface area contributed by atoms with E-state index in [-0.39, 0.29) is 5.03 Å². The van der Waals surface area contributed by atoms with Crippen molar-refractivity contribution in [1.29, 1.82) is 0 Å². The molecule has 0 unspecified atom stereocenters. The van der Waals surface area contributed by atoms with Crippen LogP contribution in [0.2, 0.25) is 0 Å². The molecular weight excluding hydrogens is 264 g/mol. The third-order valence-electron chi connectivity index (χ3n) is 3.46. The van der Waals surface area contributed by atoms with Gasteiger partial charge in [0.2, 0.25) is 0 Å². The summed E-state index contributed by atoms with van der Waals surface area (Å²) in [4.78, 5) is 0. The Bertz CT molecular complexity index is 490. The van der Waals surface area contributed by atoms with Gasteiger partial charge in [0.15, 0.2) is 5.03 Å². The molecule has 19 heavy (non-hydrogen) atoms. The van der Waals surface area contributed by atoms with Gasteiger partial charge in [-0.05, 0) is 19.9 Å². The molecule has 0 amide bonds. The van der Waals surface area contributed by atoms with Gasteiger partial charge in [-0.3, -0.25) is 5.10 Å². The highest BCUT2D eigenvalue weighted by atomic mass is 32.2. The van der Waals surface area contributed by atoms with Gasteiger partial charge in [0.05, 0.1) is 6.20 Å². The van der Waals surface area contributed by atoms with Gasteiger partial charge in [-0.25, -0.2) is 8.42 Å². The molecule has 1 aliphatic rings. The summed E-state index contributed by atoms with van der Waals surface area (Å²) in [6.07, 6.45) is 6.89. The largest absolute Gasteiger partial charge is 0.316 e. The van der Waals surface area contributed by atoms with E-state index >= 15 is 0 Å². The van der Waals surface area contributed by atoms with Gasteiger partial charge in [-0.2, -0.15) is 9.40 Å². The number of nitrogens with zero attached hydrogens (tertiary/aromatic N) is 2. The molecular formula is C12H22N4O2S. The number of aromatic nitrogens is 2. The Labute approximate surface area is 114 Å². The highest BCUT2D eigenvalue weighted by Gasteiger charge is 2.28. The fourth-order valence-electron chi connectivity index (χ4n) is 2.43. The molecule has 0 spiro atoms. The molecule has 2 rings (SSSR count). The van der Waals surface area contributed by atoms with Crippen LogP contribution in [0.5, 0.6) is 0 Å². The number of hydrogen-bond acceptors (Lipinski definition) is 4. The van der Waals surface area contributed by atoms with Crippen molar-refractivity contribution in [2.24, 2.45) is 0 Å². The minimum atomic E-state index is -3.44. The zero-order valence-electron chi connectivity index (χ0n) is 11.4. The van der Waals surface area contributed by atoms with E-state index < -0.39 is 10.0 Å².